The molecule has 2 aliphatic rings. The van der Waals surface area contributed by atoms with E-state index in [1.165, 1.54) is 0 Å². The van der Waals surface area contributed by atoms with Gasteiger partial charge in [-0.25, -0.2) is 0 Å². The van der Waals surface area contributed by atoms with Crippen molar-refractivity contribution in [3.63, 3.8) is 0 Å². The second kappa shape index (κ2) is 2.07. The van der Waals surface area contributed by atoms with E-state index < -0.39 is 0 Å². The Bertz CT molecular complexity index is 173. The number of fused-ring (bicyclic) bond motifs is 2. The van der Waals surface area contributed by atoms with E-state index in [9.17, 15) is 0 Å². The maximum atomic E-state index is 5.49. The van der Waals surface area contributed by atoms with Gasteiger partial charge in [-0.15, -0.1) is 0 Å². The molecule has 0 aliphatic carbocycles. The van der Waals surface area contributed by atoms with Crippen molar-refractivity contribution in [1.29, 1.82) is 0 Å². The molecule has 2 saturated heterocycles. The molecule has 0 saturated carbocycles. The van der Waals surface area contributed by atoms with Crippen molar-refractivity contribution in [2.75, 3.05) is 13.2 Å². The zero-order valence-electron chi connectivity index (χ0n) is 5.62. The molecule has 2 atom stereocenters. The van der Waals surface area contributed by atoms with Crippen molar-refractivity contribution in [2.45, 2.75) is 18.6 Å². The molecule has 56 valence electrons. The molecule has 2 rings (SSSR count). The maximum absolute atomic E-state index is 5.49. The van der Waals surface area contributed by atoms with Crippen LogP contribution < -0.4 is 5.73 Å². The van der Waals surface area contributed by atoms with E-state index in [0.717, 1.165) is 19.6 Å². The fourth-order valence-corrected chi connectivity index (χ4v) is 1.89. The fourth-order valence-electron chi connectivity index (χ4n) is 1.67. The number of hydrogen-bond acceptors (Lipinski definition) is 2. The third kappa shape index (κ3) is 0.793. The van der Waals surface area contributed by atoms with Crippen LogP contribution in [-0.4, -0.2) is 35.3 Å². The predicted molar refractivity (Wildman–Crippen MR) is 41.6 cm³/mol. The third-order valence-electron chi connectivity index (χ3n) is 2.18. The molecule has 2 N–H and O–H groups in total. The topological polar surface area (TPSA) is 38.5 Å². The molecule has 2 fully saturated rings. The molecule has 3 nitrogen and oxygen atoms in total. The minimum atomic E-state index is 0.395. The molecule has 0 amide bonds. The van der Waals surface area contributed by atoms with Crippen LogP contribution in [0.15, 0.2) is 0 Å². The van der Waals surface area contributed by atoms with E-state index in [0.29, 0.717) is 17.3 Å². The van der Waals surface area contributed by atoms with Crippen molar-refractivity contribution in [3.8, 4) is 0 Å². The summed E-state index contributed by atoms with van der Waals surface area (Å²) in [5.74, 6) is 0. The first kappa shape index (κ1) is 6.37. The Balaban J connectivity index is 2.08. The molecular weight excluding hydrogens is 148 g/mol. The molecule has 2 heterocycles. The van der Waals surface area contributed by atoms with E-state index in [1.54, 1.807) is 0 Å². The first-order valence-electron chi connectivity index (χ1n) is 3.45. The highest BCUT2D eigenvalue weighted by atomic mass is 32.1. The average molecular weight is 158 g/mol. The van der Waals surface area contributed by atoms with Crippen LogP contribution in [0.2, 0.25) is 0 Å². The van der Waals surface area contributed by atoms with Gasteiger partial charge in [-0.3, -0.25) is 0 Å². The van der Waals surface area contributed by atoms with Crippen LogP contribution in [0.4, 0.5) is 0 Å². The highest BCUT2D eigenvalue weighted by molar-refractivity contribution is 7.80. The van der Waals surface area contributed by atoms with E-state index in [2.05, 4.69) is 4.90 Å². The van der Waals surface area contributed by atoms with Gasteiger partial charge in [0, 0.05) is 6.54 Å². The lowest BCUT2D eigenvalue weighted by atomic mass is 10.2. The van der Waals surface area contributed by atoms with Crippen LogP contribution in [-0.2, 0) is 4.74 Å². The van der Waals surface area contributed by atoms with Crippen molar-refractivity contribution in [3.05, 3.63) is 0 Å². The zero-order chi connectivity index (χ0) is 7.14. The van der Waals surface area contributed by atoms with Crippen LogP contribution in [0, 0.1) is 0 Å². The summed E-state index contributed by atoms with van der Waals surface area (Å²) < 4.78 is 5.38. The van der Waals surface area contributed by atoms with E-state index in [-0.39, 0.29) is 0 Å². The van der Waals surface area contributed by atoms with Crippen molar-refractivity contribution >= 4 is 17.3 Å². The first-order chi connectivity index (χ1) is 4.77. The van der Waals surface area contributed by atoms with Gasteiger partial charge in [-0.05, 0) is 18.6 Å². The van der Waals surface area contributed by atoms with Gasteiger partial charge >= 0.3 is 0 Å². The van der Waals surface area contributed by atoms with Crippen molar-refractivity contribution in [2.24, 2.45) is 5.73 Å². The molecule has 0 aromatic rings. The standard InChI is InChI=1S/C6H10N2OS/c7-6(10)8-2-5-1-4(8)3-9-5/h4-5H,1-3H2,(H2,7,10)/t4-,5-/m0/s1. The zero-order valence-corrected chi connectivity index (χ0v) is 6.43. The summed E-state index contributed by atoms with van der Waals surface area (Å²) in [4.78, 5) is 2.06. The number of morpholine rings is 1. The van der Waals surface area contributed by atoms with Gasteiger partial charge < -0.3 is 15.4 Å². The molecule has 0 unspecified atom stereocenters. The molecule has 4 heteroatoms. The average Bonchev–Trinajstić information content (AvgIpc) is 2.44. The molecule has 0 aromatic heterocycles. The molecule has 0 aromatic carbocycles. The lowest BCUT2D eigenvalue weighted by molar-refractivity contribution is 0.0571. The SMILES string of the molecule is NC(=S)N1C[C@@H]2C[C@H]1CO2. The normalized spacial score (nSPS) is 37.0. The van der Waals surface area contributed by atoms with Crippen LogP contribution in [0.3, 0.4) is 0 Å². The number of rotatable bonds is 0. The Labute approximate surface area is 65.1 Å². The van der Waals surface area contributed by atoms with Gasteiger partial charge in [0.1, 0.15) is 0 Å². The number of likely N-dealkylation sites (tertiary alicyclic amines) is 1. The van der Waals surface area contributed by atoms with E-state index in [1.807, 2.05) is 0 Å². The molecule has 2 bridgehead atoms. The second-order valence-electron chi connectivity index (χ2n) is 2.84. The maximum Gasteiger partial charge on any atom is 0.166 e. The summed E-state index contributed by atoms with van der Waals surface area (Å²) >= 11 is 4.87. The number of hydrogen-bond donors (Lipinski definition) is 1. The Morgan fingerprint density at radius 1 is 1.70 bits per heavy atom. The summed E-state index contributed by atoms with van der Waals surface area (Å²) in [5, 5.41) is 0.524. The van der Waals surface area contributed by atoms with Crippen LogP contribution in [0.5, 0.6) is 0 Å². The fraction of sp³-hybridized carbons (Fsp3) is 0.833. The number of nitrogens with zero attached hydrogens (tertiary/aromatic N) is 1. The Hall–Kier alpha value is -0.350. The Morgan fingerprint density at radius 2 is 2.50 bits per heavy atom. The van der Waals surface area contributed by atoms with Gasteiger partial charge in [-0.2, -0.15) is 0 Å². The van der Waals surface area contributed by atoms with Crippen molar-refractivity contribution in [1.82, 2.24) is 4.90 Å². The summed E-state index contributed by atoms with van der Waals surface area (Å²) in [6.45, 7) is 1.71. The molecule has 2 aliphatic heterocycles. The summed E-state index contributed by atoms with van der Waals surface area (Å²) in [6, 6.07) is 0.475. The molecule has 10 heavy (non-hydrogen) atoms. The van der Waals surface area contributed by atoms with Crippen LogP contribution in [0.25, 0.3) is 0 Å². The smallest absolute Gasteiger partial charge is 0.166 e. The number of nitrogens with two attached hydrogens (primary N) is 1. The largest absolute Gasteiger partial charge is 0.376 e. The van der Waals surface area contributed by atoms with E-state index in [4.69, 9.17) is 22.7 Å². The van der Waals surface area contributed by atoms with Gasteiger partial charge in [-0.1, -0.05) is 0 Å². The van der Waals surface area contributed by atoms with E-state index >= 15 is 0 Å². The minimum absolute atomic E-state index is 0.395. The highest BCUT2D eigenvalue weighted by Gasteiger charge is 2.39. The lowest BCUT2D eigenvalue weighted by Crippen LogP contribution is -2.44. The molecular formula is C6H10N2OS. The quantitative estimate of drug-likeness (QED) is 0.491. The first-order valence-corrected chi connectivity index (χ1v) is 3.86. The summed E-state index contributed by atoms with van der Waals surface area (Å²) in [7, 11) is 0. The van der Waals surface area contributed by atoms with Crippen LogP contribution in [0.1, 0.15) is 6.42 Å². The second-order valence-corrected chi connectivity index (χ2v) is 3.25. The van der Waals surface area contributed by atoms with Crippen LogP contribution >= 0.6 is 12.2 Å². The molecule has 0 spiro atoms. The predicted octanol–water partition coefficient (Wildman–Crippen LogP) is -0.297. The molecule has 0 radical (unpaired) electrons. The monoisotopic (exact) mass is 158 g/mol. The van der Waals surface area contributed by atoms with Gasteiger partial charge in [0.25, 0.3) is 0 Å². The Morgan fingerprint density at radius 3 is 2.80 bits per heavy atom. The minimum Gasteiger partial charge on any atom is -0.376 e. The van der Waals surface area contributed by atoms with Gasteiger partial charge in [0.2, 0.25) is 0 Å². The van der Waals surface area contributed by atoms with Gasteiger partial charge in [0.15, 0.2) is 5.11 Å². The van der Waals surface area contributed by atoms with Crippen molar-refractivity contribution < 1.29 is 4.74 Å². The Kier molecular flexibility index (Phi) is 1.32. The highest BCUT2D eigenvalue weighted by Crippen LogP contribution is 2.26. The number of thiocarbonyl (C=S) groups is 1. The summed E-state index contributed by atoms with van der Waals surface area (Å²) in [6.07, 6.45) is 1.50. The lowest BCUT2D eigenvalue weighted by Gasteiger charge is -2.26. The van der Waals surface area contributed by atoms with Gasteiger partial charge in [0.05, 0.1) is 18.8 Å². The summed E-state index contributed by atoms with van der Waals surface area (Å²) in [5.41, 5.74) is 5.49. The number of ether oxygens (including phenoxy) is 1. The third-order valence-corrected chi connectivity index (χ3v) is 2.42.